The van der Waals surface area contributed by atoms with Crippen molar-refractivity contribution >= 4 is 15.7 Å². The molecule has 0 fully saturated rings. The minimum Gasteiger partial charge on any atom is -0.392 e. The molecular formula is C12H12N2O3S. The molecule has 1 aromatic heterocycles. The van der Waals surface area contributed by atoms with E-state index in [1.807, 2.05) is 0 Å². The lowest BCUT2D eigenvalue weighted by Gasteiger charge is -2.08. The molecule has 6 heteroatoms. The predicted octanol–water partition coefficient (Wildman–Crippen LogP) is 1.37. The maximum absolute atomic E-state index is 12.0. The molecule has 2 rings (SSSR count). The van der Waals surface area contributed by atoms with E-state index in [1.54, 1.807) is 30.5 Å². The van der Waals surface area contributed by atoms with Crippen molar-refractivity contribution in [2.24, 2.45) is 0 Å². The molecule has 1 heterocycles. The molecule has 5 nitrogen and oxygen atoms in total. The summed E-state index contributed by atoms with van der Waals surface area (Å²) < 4.78 is 26.5. The molecule has 18 heavy (non-hydrogen) atoms. The van der Waals surface area contributed by atoms with Crippen molar-refractivity contribution in [1.29, 1.82) is 0 Å². The van der Waals surface area contributed by atoms with Gasteiger partial charge in [-0.2, -0.15) is 0 Å². The molecule has 0 radical (unpaired) electrons. The molecule has 0 unspecified atom stereocenters. The van der Waals surface area contributed by atoms with E-state index in [0.29, 0.717) is 11.3 Å². The smallest absolute Gasteiger partial charge is 0.261 e. The van der Waals surface area contributed by atoms with Gasteiger partial charge in [0.2, 0.25) is 0 Å². The first-order valence-corrected chi connectivity index (χ1v) is 6.73. The Balaban J connectivity index is 2.31. The molecule has 0 aliphatic carbocycles. The highest BCUT2D eigenvalue weighted by molar-refractivity contribution is 7.92. The quantitative estimate of drug-likeness (QED) is 0.874. The van der Waals surface area contributed by atoms with Crippen LogP contribution in [0.4, 0.5) is 5.69 Å². The largest absolute Gasteiger partial charge is 0.392 e. The van der Waals surface area contributed by atoms with Crippen molar-refractivity contribution in [3.05, 3.63) is 54.4 Å². The zero-order valence-electron chi connectivity index (χ0n) is 9.45. The van der Waals surface area contributed by atoms with Gasteiger partial charge in [0.05, 0.1) is 23.4 Å². The number of aromatic nitrogens is 1. The second-order valence-electron chi connectivity index (χ2n) is 3.65. The first-order valence-electron chi connectivity index (χ1n) is 5.24. The Bertz CT molecular complexity index is 627. The number of benzene rings is 1. The third-order valence-electron chi connectivity index (χ3n) is 2.31. The topological polar surface area (TPSA) is 79.3 Å². The summed E-state index contributed by atoms with van der Waals surface area (Å²) in [4.78, 5) is 3.94. The van der Waals surface area contributed by atoms with Gasteiger partial charge >= 0.3 is 0 Å². The summed E-state index contributed by atoms with van der Waals surface area (Å²) in [5, 5.41) is 8.99. The summed E-state index contributed by atoms with van der Waals surface area (Å²) in [7, 11) is -3.65. The number of pyridine rings is 1. The van der Waals surface area contributed by atoms with Gasteiger partial charge in [0.1, 0.15) is 0 Å². The maximum Gasteiger partial charge on any atom is 0.261 e. The number of hydrogen-bond acceptors (Lipinski definition) is 4. The van der Waals surface area contributed by atoms with Gasteiger partial charge in [-0.1, -0.05) is 12.1 Å². The molecule has 94 valence electrons. The minimum absolute atomic E-state index is 0.109. The number of hydrogen-bond donors (Lipinski definition) is 2. The zero-order chi connectivity index (χ0) is 13.0. The Kier molecular flexibility index (Phi) is 3.59. The molecule has 0 saturated heterocycles. The van der Waals surface area contributed by atoms with E-state index < -0.39 is 10.0 Å². The van der Waals surface area contributed by atoms with Crippen LogP contribution in [-0.4, -0.2) is 18.5 Å². The first kappa shape index (κ1) is 12.5. The van der Waals surface area contributed by atoms with E-state index in [4.69, 9.17) is 5.11 Å². The average molecular weight is 264 g/mol. The molecule has 0 saturated carbocycles. The van der Waals surface area contributed by atoms with Crippen LogP contribution < -0.4 is 4.72 Å². The highest BCUT2D eigenvalue weighted by atomic mass is 32.2. The fourth-order valence-electron chi connectivity index (χ4n) is 1.45. The van der Waals surface area contributed by atoms with Gasteiger partial charge in [-0.25, -0.2) is 8.42 Å². The van der Waals surface area contributed by atoms with Gasteiger partial charge < -0.3 is 5.11 Å². The fourth-order valence-corrected chi connectivity index (χ4v) is 2.56. The highest BCUT2D eigenvalue weighted by Gasteiger charge is 2.14. The van der Waals surface area contributed by atoms with Crippen molar-refractivity contribution in [1.82, 2.24) is 4.98 Å². The van der Waals surface area contributed by atoms with Crippen LogP contribution in [0, 0.1) is 0 Å². The number of nitrogens with one attached hydrogen (secondary N) is 1. The summed E-state index contributed by atoms with van der Waals surface area (Å²) in [6, 6.07) is 9.39. The lowest BCUT2D eigenvalue weighted by molar-refractivity contribution is 0.281. The molecule has 0 aliphatic rings. The van der Waals surface area contributed by atoms with Crippen LogP contribution in [0.1, 0.15) is 5.56 Å². The van der Waals surface area contributed by atoms with Gasteiger partial charge in [-0.3, -0.25) is 9.71 Å². The Morgan fingerprint density at radius 1 is 1.22 bits per heavy atom. The summed E-state index contributed by atoms with van der Waals surface area (Å²) in [6.45, 7) is -0.198. The maximum atomic E-state index is 12.0. The van der Waals surface area contributed by atoms with E-state index in [-0.39, 0.29) is 11.5 Å². The van der Waals surface area contributed by atoms with Crippen LogP contribution >= 0.6 is 0 Å². The molecule has 0 amide bonds. The van der Waals surface area contributed by atoms with Crippen LogP contribution in [0.3, 0.4) is 0 Å². The standard InChI is InChI=1S/C12H12N2O3S/c15-9-10-3-1-5-12(7-10)18(16,17)14-11-4-2-6-13-8-11/h1-8,14-15H,9H2. The van der Waals surface area contributed by atoms with Crippen LogP contribution in [0.2, 0.25) is 0 Å². The molecule has 2 aromatic rings. The number of aliphatic hydroxyl groups is 1. The fraction of sp³-hybridized carbons (Fsp3) is 0.0833. The first-order chi connectivity index (χ1) is 8.62. The van der Waals surface area contributed by atoms with Crippen LogP contribution in [-0.2, 0) is 16.6 Å². The Morgan fingerprint density at radius 2 is 2.06 bits per heavy atom. The average Bonchev–Trinajstić information content (AvgIpc) is 2.39. The molecular weight excluding hydrogens is 252 g/mol. The van der Waals surface area contributed by atoms with Crippen molar-refractivity contribution in [3.8, 4) is 0 Å². The number of rotatable bonds is 4. The number of aliphatic hydroxyl groups excluding tert-OH is 1. The van der Waals surface area contributed by atoms with Crippen molar-refractivity contribution in [2.75, 3.05) is 4.72 Å². The molecule has 0 atom stereocenters. The van der Waals surface area contributed by atoms with Gasteiger partial charge in [0.15, 0.2) is 0 Å². The van der Waals surface area contributed by atoms with Crippen LogP contribution in [0.25, 0.3) is 0 Å². The van der Waals surface area contributed by atoms with Gasteiger partial charge in [0.25, 0.3) is 10.0 Å². The van der Waals surface area contributed by atoms with E-state index in [2.05, 4.69) is 9.71 Å². The molecule has 0 spiro atoms. The second kappa shape index (κ2) is 5.16. The zero-order valence-corrected chi connectivity index (χ0v) is 10.3. The Morgan fingerprint density at radius 3 is 2.72 bits per heavy atom. The van der Waals surface area contributed by atoms with E-state index in [0.717, 1.165) is 0 Å². The number of nitrogens with zero attached hydrogens (tertiary/aromatic N) is 1. The van der Waals surface area contributed by atoms with Crippen LogP contribution in [0.15, 0.2) is 53.7 Å². The number of sulfonamides is 1. The SMILES string of the molecule is O=S(=O)(Nc1cccnc1)c1cccc(CO)c1. The van der Waals surface area contributed by atoms with E-state index >= 15 is 0 Å². The van der Waals surface area contributed by atoms with Gasteiger partial charge in [0, 0.05) is 6.20 Å². The van der Waals surface area contributed by atoms with Crippen LogP contribution in [0.5, 0.6) is 0 Å². The van der Waals surface area contributed by atoms with E-state index in [9.17, 15) is 8.42 Å². The molecule has 0 bridgehead atoms. The normalized spacial score (nSPS) is 11.2. The van der Waals surface area contributed by atoms with Crippen molar-refractivity contribution < 1.29 is 13.5 Å². The summed E-state index contributed by atoms with van der Waals surface area (Å²) in [5.41, 5.74) is 0.941. The molecule has 2 N–H and O–H groups in total. The second-order valence-corrected chi connectivity index (χ2v) is 5.34. The lowest BCUT2D eigenvalue weighted by atomic mass is 10.2. The summed E-state index contributed by atoms with van der Waals surface area (Å²) in [5.74, 6) is 0. The van der Waals surface area contributed by atoms with E-state index in [1.165, 1.54) is 18.3 Å². The summed E-state index contributed by atoms with van der Waals surface area (Å²) >= 11 is 0. The molecule has 0 aliphatic heterocycles. The minimum atomic E-state index is -3.65. The molecule has 1 aromatic carbocycles. The van der Waals surface area contributed by atoms with Crippen molar-refractivity contribution in [2.45, 2.75) is 11.5 Å². The Hall–Kier alpha value is -1.92. The Labute approximate surface area is 105 Å². The monoisotopic (exact) mass is 264 g/mol. The van der Waals surface area contributed by atoms with Crippen molar-refractivity contribution in [3.63, 3.8) is 0 Å². The third-order valence-corrected chi connectivity index (χ3v) is 3.68. The predicted molar refractivity (Wildman–Crippen MR) is 67.4 cm³/mol. The van der Waals surface area contributed by atoms with Gasteiger partial charge in [-0.05, 0) is 29.8 Å². The highest BCUT2D eigenvalue weighted by Crippen LogP contribution is 2.16. The number of anilines is 1. The van der Waals surface area contributed by atoms with Gasteiger partial charge in [-0.15, -0.1) is 0 Å². The third kappa shape index (κ3) is 2.85. The lowest BCUT2D eigenvalue weighted by Crippen LogP contribution is -2.13. The summed E-state index contributed by atoms with van der Waals surface area (Å²) in [6.07, 6.45) is 2.98.